The molecule has 2 aliphatic rings. The van der Waals surface area contributed by atoms with Gasteiger partial charge in [0.1, 0.15) is 5.60 Å². The lowest BCUT2D eigenvalue weighted by atomic mass is 9.95. The predicted octanol–water partition coefficient (Wildman–Crippen LogP) is 3.57. The number of pyridine rings is 1. The number of methoxy groups -OCH3 is 1. The molecule has 0 saturated carbocycles. The highest BCUT2D eigenvalue weighted by Crippen LogP contribution is 2.28. The van der Waals surface area contributed by atoms with Gasteiger partial charge in [-0.05, 0) is 52.7 Å². The van der Waals surface area contributed by atoms with Crippen LogP contribution in [0.25, 0.3) is 0 Å². The van der Waals surface area contributed by atoms with Crippen molar-refractivity contribution in [2.75, 3.05) is 26.7 Å². The predicted molar refractivity (Wildman–Crippen MR) is 119 cm³/mol. The molecule has 1 saturated heterocycles. The molecule has 0 aromatic carbocycles. The van der Waals surface area contributed by atoms with Gasteiger partial charge in [-0.3, -0.25) is 9.78 Å². The molecular weight excluding hydrogens is 394 g/mol. The van der Waals surface area contributed by atoms with Crippen LogP contribution in [0.4, 0.5) is 0 Å². The fourth-order valence-electron chi connectivity index (χ4n) is 4.36. The Balaban J connectivity index is 1.73. The van der Waals surface area contributed by atoms with Crippen LogP contribution in [0.5, 0.6) is 0 Å². The van der Waals surface area contributed by atoms with Crippen molar-refractivity contribution in [3.8, 4) is 0 Å². The highest BCUT2D eigenvalue weighted by atomic mass is 16.5. The molecule has 7 nitrogen and oxygen atoms in total. The van der Waals surface area contributed by atoms with Gasteiger partial charge in [-0.2, -0.15) is 0 Å². The van der Waals surface area contributed by atoms with Gasteiger partial charge in [-0.15, -0.1) is 0 Å². The lowest BCUT2D eigenvalue weighted by molar-refractivity contribution is -0.00872. The van der Waals surface area contributed by atoms with Gasteiger partial charge in [0.15, 0.2) is 5.88 Å². The van der Waals surface area contributed by atoms with Crippen LogP contribution in [-0.2, 0) is 22.3 Å². The number of hydrogen-bond acceptors (Lipinski definition) is 6. The van der Waals surface area contributed by atoms with Crippen molar-refractivity contribution in [2.45, 2.75) is 71.4 Å². The average molecular weight is 430 g/mol. The van der Waals surface area contributed by atoms with Crippen molar-refractivity contribution in [3.63, 3.8) is 0 Å². The summed E-state index contributed by atoms with van der Waals surface area (Å²) in [6.07, 6.45) is 3.99. The van der Waals surface area contributed by atoms with E-state index in [1.54, 1.807) is 6.07 Å². The topological polar surface area (TPSA) is 72.0 Å². The molecule has 0 atom stereocenters. The molecule has 2 aliphatic heterocycles. The number of fused-ring (bicyclic) bond motifs is 1. The fourth-order valence-corrected chi connectivity index (χ4v) is 4.36. The van der Waals surface area contributed by atoms with Crippen molar-refractivity contribution in [2.24, 2.45) is 0 Å². The minimum atomic E-state index is -0.436. The van der Waals surface area contributed by atoms with Gasteiger partial charge in [0.05, 0.1) is 29.6 Å². The van der Waals surface area contributed by atoms with E-state index in [0.717, 1.165) is 43.7 Å². The maximum absolute atomic E-state index is 13.3. The Kier molecular flexibility index (Phi) is 6.92. The SMILES string of the molecule is C=C(OC(C)(C)C)N1CCC(N2CCc3nc(CCC)c(C(=O)OC)cc3C2=O)CC1. The lowest BCUT2D eigenvalue weighted by Gasteiger charge is -2.42. The van der Waals surface area contributed by atoms with Gasteiger partial charge in [0.25, 0.3) is 5.91 Å². The summed E-state index contributed by atoms with van der Waals surface area (Å²) >= 11 is 0. The molecule has 1 aromatic rings. The molecule has 0 aliphatic carbocycles. The smallest absolute Gasteiger partial charge is 0.339 e. The van der Waals surface area contributed by atoms with Crippen LogP contribution in [0.15, 0.2) is 18.5 Å². The van der Waals surface area contributed by atoms with E-state index in [4.69, 9.17) is 9.47 Å². The molecule has 3 heterocycles. The Bertz CT molecular complexity index is 851. The molecule has 0 bridgehead atoms. The van der Waals surface area contributed by atoms with E-state index in [-0.39, 0.29) is 17.6 Å². The second kappa shape index (κ2) is 9.28. The summed E-state index contributed by atoms with van der Waals surface area (Å²) < 4.78 is 10.8. The van der Waals surface area contributed by atoms with Crippen LogP contribution < -0.4 is 0 Å². The first-order valence-corrected chi connectivity index (χ1v) is 11.2. The van der Waals surface area contributed by atoms with E-state index in [1.165, 1.54) is 7.11 Å². The number of ether oxygens (including phenoxy) is 2. The summed E-state index contributed by atoms with van der Waals surface area (Å²) in [5.41, 5.74) is 2.18. The molecule has 31 heavy (non-hydrogen) atoms. The van der Waals surface area contributed by atoms with E-state index in [1.807, 2.05) is 32.6 Å². The molecule has 1 amide bonds. The Hall–Kier alpha value is -2.57. The first-order valence-electron chi connectivity index (χ1n) is 11.2. The molecule has 0 spiro atoms. The summed E-state index contributed by atoms with van der Waals surface area (Å²) in [7, 11) is 1.36. The average Bonchev–Trinajstić information content (AvgIpc) is 2.72. The second-order valence-electron chi connectivity index (χ2n) is 9.29. The molecular formula is C24H35N3O4. The minimum Gasteiger partial charge on any atom is -0.474 e. The maximum Gasteiger partial charge on any atom is 0.339 e. The minimum absolute atomic E-state index is 0.0369. The zero-order chi connectivity index (χ0) is 22.8. The summed E-state index contributed by atoms with van der Waals surface area (Å²) in [5, 5.41) is 0. The molecule has 0 N–H and O–H groups in total. The van der Waals surface area contributed by atoms with Crippen molar-refractivity contribution < 1.29 is 19.1 Å². The lowest BCUT2D eigenvalue weighted by Crippen LogP contribution is -2.50. The van der Waals surface area contributed by atoms with Crippen molar-refractivity contribution in [1.29, 1.82) is 0 Å². The molecule has 0 radical (unpaired) electrons. The molecule has 0 unspecified atom stereocenters. The Morgan fingerprint density at radius 1 is 1.26 bits per heavy atom. The number of carbonyl (C=O) groups is 2. The third-order valence-electron chi connectivity index (χ3n) is 5.84. The zero-order valence-electron chi connectivity index (χ0n) is 19.5. The number of aromatic nitrogens is 1. The third-order valence-corrected chi connectivity index (χ3v) is 5.84. The van der Waals surface area contributed by atoms with Gasteiger partial charge >= 0.3 is 5.97 Å². The summed E-state index contributed by atoms with van der Waals surface area (Å²) in [5.74, 6) is 0.219. The van der Waals surface area contributed by atoms with Crippen LogP contribution in [0.1, 0.15) is 79.1 Å². The van der Waals surface area contributed by atoms with Gasteiger partial charge in [0.2, 0.25) is 0 Å². The van der Waals surface area contributed by atoms with Crippen LogP contribution in [-0.4, -0.2) is 65.0 Å². The van der Waals surface area contributed by atoms with E-state index in [9.17, 15) is 9.59 Å². The molecule has 1 fully saturated rings. The largest absolute Gasteiger partial charge is 0.474 e. The molecule has 3 rings (SSSR count). The van der Waals surface area contributed by atoms with Crippen molar-refractivity contribution in [3.05, 3.63) is 41.0 Å². The molecule has 170 valence electrons. The third kappa shape index (κ3) is 5.20. The van der Waals surface area contributed by atoms with Crippen LogP contribution in [0.2, 0.25) is 0 Å². The van der Waals surface area contributed by atoms with Crippen LogP contribution >= 0.6 is 0 Å². The van der Waals surface area contributed by atoms with Gasteiger partial charge in [-0.25, -0.2) is 4.79 Å². The number of rotatable bonds is 6. The standard InChI is InChI=1S/C24H35N3O4/c1-7-8-20-19(23(29)30-6)15-18-21(25-20)11-14-27(22(18)28)17-9-12-26(13-10-17)16(2)31-24(3,4)5/h15,17H,2,7-14H2,1,3-6H3. The first-order chi connectivity index (χ1) is 14.6. The Morgan fingerprint density at radius 3 is 2.52 bits per heavy atom. The monoisotopic (exact) mass is 429 g/mol. The fraction of sp³-hybridized carbons (Fsp3) is 0.625. The number of piperidine rings is 1. The van der Waals surface area contributed by atoms with Crippen LogP contribution in [0.3, 0.4) is 0 Å². The van der Waals surface area contributed by atoms with E-state index < -0.39 is 5.97 Å². The normalized spacial score (nSPS) is 17.4. The Labute approximate surface area is 185 Å². The van der Waals surface area contributed by atoms with Crippen molar-refractivity contribution in [1.82, 2.24) is 14.8 Å². The van der Waals surface area contributed by atoms with Crippen LogP contribution in [0, 0.1) is 0 Å². The van der Waals surface area contributed by atoms with Gasteiger partial charge in [-0.1, -0.05) is 13.3 Å². The number of carbonyl (C=O) groups excluding carboxylic acids is 2. The number of esters is 1. The number of aryl methyl sites for hydroxylation is 1. The van der Waals surface area contributed by atoms with E-state index >= 15 is 0 Å². The Morgan fingerprint density at radius 2 is 1.94 bits per heavy atom. The first kappa shape index (κ1) is 23.1. The number of likely N-dealkylation sites (tertiary alicyclic amines) is 1. The molecule has 1 aromatic heterocycles. The second-order valence-corrected chi connectivity index (χ2v) is 9.29. The number of nitrogens with zero attached hydrogens (tertiary/aromatic N) is 3. The van der Waals surface area contributed by atoms with Gasteiger partial charge < -0.3 is 19.3 Å². The molecule has 7 heteroatoms. The summed E-state index contributed by atoms with van der Waals surface area (Å²) in [6, 6.07) is 1.86. The number of hydrogen-bond donors (Lipinski definition) is 0. The van der Waals surface area contributed by atoms with Crippen molar-refractivity contribution >= 4 is 11.9 Å². The highest BCUT2D eigenvalue weighted by molar-refractivity contribution is 6.00. The van der Waals surface area contributed by atoms with Gasteiger partial charge in [0, 0.05) is 32.1 Å². The number of amides is 1. The summed E-state index contributed by atoms with van der Waals surface area (Å²) in [4.78, 5) is 34.4. The highest BCUT2D eigenvalue weighted by Gasteiger charge is 2.34. The quantitative estimate of drug-likeness (QED) is 0.509. The van der Waals surface area contributed by atoms with E-state index in [0.29, 0.717) is 36.4 Å². The zero-order valence-corrected chi connectivity index (χ0v) is 19.5. The maximum atomic E-state index is 13.3. The summed E-state index contributed by atoms with van der Waals surface area (Å²) in [6.45, 7) is 14.4. The van der Waals surface area contributed by atoms with E-state index in [2.05, 4.69) is 16.5 Å².